The zero-order valence-corrected chi connectivity index (χ0v) is 13.0. The molecular weight excluding hydrogens is 270 g/mol. The van der Waals surface area contributed by atoms with E-state index in [4.69, 9.17) is 15.9 Å². The van der Waals surface area contributed by atoms with Crippen LogP contribution < -0.4 is 5.73 Å². The van der Waals surface area contributed by atoms with Crippen molar-refractivity contribution in [3.8, 4) is 0 Å². The Hall–Kier alpha value is -1.88. The SMILES string of the molecule is CC(C)Cc1ccc(C(C)C(=O)O)cc1.CC(N)C(=O)O. The lowest BCUT2D eigenvalue weighted by Crippen LogP contribution is -2.25. The Labute approximate surface area is 125 Å². The first-order valence-electron chi connectivity index (χ1n) is 6.95. The van der Waals surface area contributed by atoms with Gasteiger partial charge in [-0.25, -0.2) is 0 Å². The summed E-state index contributed by atoms with van der Waals surface area (Å²) >= 11 is 0. The normalized spacial score (nSPS) is 13.0. The third kappa shape index (κ3) is 8.09. The molecule has 0 aromatic heterocycles. The van der Waals surface area contributed by atoms with Gasteiger partial charge in [-0.3, -0.25) is 9.59 Å². The summed E-state index contributed by atoms with van der Waals surface area (Å²) in [6, 6.07) is 7.14. The molecule has 0 heterocycles. The molecule has 118 valence electrons. The fourth-order valence-electron chi connectivity index (χ4n) is 1.56. The molecule has 0 spiro atoms. The van der Waals surface area contributed by atoms with Gasteiger partial charge in [-0.2, -0.15) is 0 Å². The summed E-state index contributed by atoms with van der Waals surface area (Å²) < 4.78 is 0. The van der Waals surface area contributed by atoms with Crippen molar-refractivity contribution in [2.75, 3.05) is 0 Å². The smallest absolute Gasteiger partial charge is 0.320 e. The van der Waals surface area contributed by atoms with Crippen molar-refractivity contribution in [2.24, 2.45) is 11.7 Å². The van der Waals surface area contributed by atoms with E-state index >= 15 is 0 Å². The molecule has 4 N–H and O–H groups in total. The van der Waals surface area contributed by atoms with Gasteiger partial charge in [0, 0.05) is 0 Å². The molecule has 21 heavy (non-hydrogen) atoms. The van der Waals surface area contributed by atoms with Crippen LogP contribution in [0.2, 0.25) is 0 Å². The predicted molar refractivity (Wildman–Crippen MR) is 82.3 cm³/mol. The molecule has 0 saturated heterocycles. The molecule has 1 rings (SSSR count). The molecular formula is C16H25NO4. The minimum absolute atomic E-state index is 0.418. The van der Waals surface area contributed by atoms with Gasteiger partial charge in [-0.1, -0.05) is 38.1 Å². The van der Waals surface area contributed by atoms with Crippen molar-refractivity contribution in [3.05, 3.63) is 35.4 Å². The summed E-state index contributed by atoms with van der Waals surface area (Å²) in [5, 5.41) is 16.7. The maximum atomic E-state index is 10.8. The van der Waals surface area contributed by atoms with Crippen LogP contribution >= 0.6 is 0 Å². The van der Waals surface area contributed by atoms with E-state index in [0.29, 0.717) is 5.92 Å². The number of hydrogen-bond acceptors (Lipinski definition) is 3. The van der Waals surface area contributed by atoms with Crippen molar-refractivity contribution in [1.82, 2.24) is 0 Å². The van der Waals surface area contributed by atoms with E-state index in [2.05, 4.69) is 13.8 Å². The second kappa shape index (κ2) is 9.13. The van der Waals surface area contributed by atoms with Gasteiger partial charge in [-0.15, -0.1) is 0 Å². The highest BCUT2D eigenvalue weighted by atomic mass is 16.4. The minimum Gasteiger partial charge on any atom is -0.481 e. The Bertz CT molecular complexity index is 452. The van der Waals surface area contributed by atoms with E-state index in [0.717, 1.165) is 12.0 Å². The van der Waals surface area contributed by atoms with Gasteiger partial charge in [0.15, 0.2) is 0 Å². The van der Waals surface area contributed by atoms with Gasteiger partial charge in [0.25, 0.3) is 0 Å². The number of aliphatic carboxylic acids is 2. The van der Waals surface area contributed by atoms with E-state index in [1.165, 1.54) is 12.5 Å². The molecule has 1 aromatic carbocycles. The van der Waals surface area contributed by atoms with Gasteiger partial charge < -0.3 is 15.9 Å². The van der Waals surface area contributed by atoms with Crippen LogP contribution in [-0.2, 0) is 16.0 Å². The quantitative estimate of drug-likeness (QED) is 0.774. The third-order valence-corrected chi connectivity index (χ3v) is 2.88. The summed E-state index contributed by atoms with van der Waals surface area (Å²) in [5.74, 6) is -1.52. The van der Waals surface area contributed by atoms with E-state index in [-0.39, 0.29) is 0 Å². The molecule has 0 fully saturated rings. The molecule has 0 aliphatic rings. The lowest BCUT2D eigenvalue weighted by Gasteiger charge is -2.09. The topological polar surface area (TPSA) is 101 Å². The Morgan fingerprint density at radius 3 is 1.71 bits per heavy atom. The van der Waals surface area contributed by atoms with Gasteiger partial charge in [0.2, 0.25) is 0 Å². The Morgan fingerprint density at radius 2 is 1.43 bits per heavy atom. The number of nitrogens with two attached hydrogens (primary N) is 1. The molecule has 0 bridgehead atoms. The number of hydrogen-bond donors (Lipinski definition) is 3. The van der Waals surface area contributed by atoms with E-state index < -0.39 is 23.9 Å². The van der Waals surface area contributed by atoms with Gasteiger partial charge in [-0.05, 0) is 37.3 Å². The first-order chi connectivity index (χ1) is 9.65. The number of benzene rings is 1. The average Bonchev–Trinajstić information content (AvgIpc) is 2.38. The van der Waals surface area contributed by atoms with Crippen LogP contribution in [0.5, 0.6) is 0 Å². The highest BCUT2D eigenvalue weighted by Crippen LogP contribution is 2.17. The third-order valence-electron chi connectivity index (χ3n) is 2.88. The summed E-state index contributed by atoms with van der Waals surface area (Å²) in [6.45, 7) is 7.48. The van der Waals surface area contributed by atoms with Crippen molar-refractivity contribution < 1.29 is 19.8 Å². The van der Waals surface area contributed by atoms with Crippen LogP contribution in [0, 0.1) is 5.92 Å². The maximum Gasteiger partial charge on any atom is 0.320 e. The van der Waals surface area contributed by atoms with Crippen LogP contribution in [0.1, 0.15) is 44.7 Å². The van der Waals surface area contributed by atoms with E-state index in [1.54, 1.807) is 6.92 Å². The van der Waals surface area contributed by atoms with Crippen LogP contribution in [0.3, 0.4) is 0 Å². The van der Waals surface area contributed by atoms with Gasteiger partial charge in [0.1, 0.15) is 6.04 Å². The summed E-state index contributed by atoms with van der Waals surface area (Å²) in [4.78, 5) is 20.3. The monoisotopic (exact) mass is 295 g/mol. The number of carboxylic acid groups (broad SMARTS) is 2. The number of carbonyl (C=O) groups is 2. The number of carboxylic acids is 2. The predicted octanol–water partition coefficient (Wildman–Crippen LogP) is 2.49. The summed E-state index contributed by atoms with van der Waals surface area (Å²) in [5.41, 5.74) is 6.98. The summed E-state index contributed by atoms with van der Waals surface area (Å²) in [7, 11) is 0. The van der Waals surface area contributed by atoms with Crippen LogP contribution in [0.15, 0.2) is 24.3 Å². The lowest BCUT2D eigenvalue weighted by molar-refractivity contribution is -0.139. The number of rotatable bonds is 5. The zero-order chi connectivity index (χ0) is 16.6. The molecule has 5 heteroatoms. The average molecular weight is 295 g/mol. The molecule has 5 nitrogen and oxygen atoms in total. The van der Waals surface area contributed by atoms with Crippen LogP contribution in [-0.4, -0.2) is 28.2 Å². The zero-order valence-electron chi connectivity index (χ0n) is 13.0. The molecule has 0 saturated carbocycles. The highest BCUT2D eigenvalue weighted by molar-refractivity contribution is 5.75. The molecule has 0 aliphatic carbocycles. The van der Waals surface area contributed by atoms with Crippen LogP contribution in [0.25, 0.3) is 0 Å². The van der Waals surface area contributed by atoms with E-state index in [1.807, 2.05) is 24.3 Å². The second-order valence-electron chi connectivity index (χ2n) is 5.53. The Morgan fingerprint density at radius 1 is 1.00 bits per heavy atom. The fraction of sp³-hybridized carbons (Fsp3) is 0.500. The largest absolute Gasteiger partial charge is 0.481 e. The minimum atomic E-state index is -0.963. The molecule has 0 aliphatic heterocycles. The molecule has 2 unspecified atom stereocenters. The van der Waals surface area contributed by atoms with Crippen molar-refractivity contribution in [1.29, 1.82) is 0 Å². The Balaban J connectivity index is 0.000000567. The van der Waals surface area contributed by atoms with Crippen LogP contribution in [0.4, 0.5) is 0 Å². The van der Waals surface area contributed by atoms with Crippen molar-refractivity contribution in [3.63, 3.8) is 0 Å². The van der Waals surface area contributed by atoms with Gasteiger partial charge in [0.05, 0.1) is 5.92 Å². The fourth-order valence-corrected chi connectivity index (χ4v) is 1.56. The highest BCUT2D eigenvalue weighted by Gasteiger charge is 2.12. The Kier molecular flexibility index (Phi) is 8.31. The molecule has 0 amide bonds. The van der Waals surface area contributed by atoms with Gasteiger partial charge >= 0.3 is 11.9 Å². The first kappa shape index (κ1) is 19.1. The molecule has 0 radical (unpaired) electrons. The van der Waals surface area contributed by atoms with Crippen molar-refractivity contribution in [2.45, 2.75) is 46.1 Å². The lowest BCUT2D eigenvalue weighted by atomic mass is 9.97. The molecule has 2 atom stereocenters. The maximum absolute atomic E-state index is 10.8. The van der Waals surface area contributed by atoms with E-state index in [9.17, 15) is 9.59 Å². The first-order valence-corrected chi connectivity index (χ1v) is 6.95. The van der Waals surface area contributed by atoms with Crippen molar-refractivity contribution >= 4 is 11.9 Å². The second-order valence-corrected chi connectivity index (χ2v) is 5.53. The molecule has 1 aromatic rings. The standard InChI is InChI=1S/C13H18O2.C3H7NO2/c1-9(2)8-11-4-6-12(7-5-11)10(3)13(14)15;1-2(4)3(5)6/h4-7,9-10H,8H2,1-3H3,(H,14,15);2H,4H2,1H3,(H,5,6). The summed E-state index contributed by atoms with van der Waals surface area (Å²) in [6.07, 6.45) is 1.04.